The summed E-state index contributed by atoms with van der Waals surface area (Å²) in [7, 11) is 1.60. The van der Waals surface area contributed by atoms with Gasteiger partial charge in [-0.3, -0.25) is 4.79 Å². The van der Waals surface area contributed by atoms with Crippen molar-refractivity contribution >= 4 is 40.9 Å². The van der Waals surface area contributed by atoms with Gasteiger partial charge in [-0.05, 0) is 73.4 Å². The van der Waals surface area contributed by atoms with Crippen LogP contribution in [0.4, 0.5) is 11.6 Å². The molecule has 1 unspecified atom stereocenters. The molecule has 0 spiro atoms. The van der Waals surface area contributed by atoms with Gasteiger partial charge >= 0.3 is 0 Å². The summed E-state index contributed by atoms with van der Waals surface area (Å²) >= 11 is 7.88. The summed E-state index contributed by atoms with van der Waals surface area (Å²) in [5.74, 6) is 2.51. The lowest BCUT2D eigenvalue weighted by Crippen LogP contribution is -2.31. The number of nitrogens with one attached hydrogen (secondary N) is 2. The molecule has 1 aliphatic heterocycles. The van der Waals surface area contributed by atoms with Crippen molar-refractivity contribution < 1.29 is 19.0 Å². The molecule has 1 aromatic heterocycles. The quantitative estimate of drug-likeness (QED) is 0.127. The summed E-state index contributed by atoms with van der Waals surface area (Å²) in [6, 6.07) is 28.2. The summed E-state index contributed by atoms with van der Waals surface area (Å²) in [4.78, 5) is 19.0. The van der Waals surface area contributed by atoms with Gasteiger partial charge in [-0.25, -0.2) is 4.68 Å². The molecule has 9 nitrogen and oxygen atoms in total. The number of fused-ring (bicyclic) bond motifs is 1. The van der Waals surface area contributed by atoms with Gasteiger partial charge in [0.2, 0.25) is 11.1 Å². The molecule has 1 aliphatic rings. The lowest BCUT2D eigenvalue weighted by atomic mass is 9.94. The molecule has 0 fully saturated rings. The Morgan fingerprint density at radius 2 is 1.69 bits per heavy atom. The van der Waals surface area contributed by atoms with E-state index in [0.717, 1.165) is 22.3 Å². The van der Waals surface area contributed by atoms with Crippen LogP contribution >= 0.6 is 23.4 Å². The molecule has 5 aromatic rings. The van der Waals surface area contributed by atoms with Crippen molar-refractivity contribution in [3.8, 4) is 17.2 Å². The van der Waals surface area contributed by atoms with Crippen LogP contribution in [0.5, 0.6) is 17.2 Å². The molecule has 2 heterocycles. The fourth-order valence-corrected chi connectivity index (χ4v) is 6.61. The molecule has 0 bridgehead atoms. The van der Waals surface area contributed by atoms with Crippen molar-refractivity contribution in [1.29, 1.82) is 0 Å². The molecule has 6 rings (SSSR count). The van der Waals surface area contributed by atoms with Crippen LogP contribution in [0.15, 0.2) is 107 Å². The van der Waals surface area contributed by atoms with Crippen molar-refractivity contribution in [3.05, 3.63) is 130 Å². The SMILES string of the molecule is CCOc1ccccc1NC(=O)C1=C(C)Nc2nc(SCc3ccccc3Cl)nn2C1c1ccc(OCc2ccccc2C)c(OC)c1. The number of carbonyl (C=O) groups excluding carboxylic acids is 1. The lowest BCUT2D eigenvalue weighted by Gasteiger charge is -2.29. The second-order valence-electron chi connectivity index (χ2n) is 11.1. The Morgan fingerprint density at radius 1 is 0.938 bits per heavy atom. The van der Waals surface area contributed by atoms with Gasteiger partial charge in [0.25, 0.3) is 5.91 Å². The highest BCUT2D eigenvalue weighted by molar-refractivity contribution is 7.98. The number of amides is 1. The Bertz CT molecular complexity index is 1980. The average molecular weight is 682 g/mol. The summed E-state index contributed by atoms with van der Waals surface area (Å²) in [5.41, 5.74) is 5.67. The van der Waals surface area contributed by atoms with Gasteiger partial charge in [-0.1, -0.05) is 84.0 Å². The molecule has 2 N–H and O–H groups in total. The number of hydrogen-bond donors (Lipinski definition) is 2. The zero-order valence-electron chi connectivity index (χ0n) is 27.1. The third-order valence-electron chi connectivity index (χ3n) is 7.98. The summed E-state index contributed by atoms with van der Waals surface area (Å²) in [6.45, 7) is 6.68. The van der Waals surface area contributed by atoms with Crippen molar-refractivity contribution in [3.63, 3.8) is 0 Å². The van der Waals surface area contributed by atoms with Crippen LogP contribution in [-0.2, 0) is 17.2 Å². The number of anilines is 2. The van der Waals surface area contributed by atoms with Crippen LogP contribution in [0.1, 0.15) is 42.1 Å². The number of methoxy groups -OCH3 is 1. The Kier molecular flexibility index (Phi) is 10.2. The lowest BCUT2D eigenvalue weighted by molar-refractivity contribution is -0.113. The molecule has 0 saturated carbocycles. The van der Waals surface area contributed by atoms with E-state index in [9.17, 15) is 4.79 Å². The van der Waals surface area contributed by atoms with E-state index in [-0.39, 0.29) is 5.91 Å². The first-order chi connectivity index (χ1) is 23.4. The van der Waals surface area contributed by atoms with Gasteiger partial charge in [0.15, 0.2) is 11.5 Å². The Hall–Kier alpha value is -4.93. The molecule has 246 valence electrons. The van der Waals surface area contributed by atoms with E-state index in [1.165, 1.54) is 11.8 Å². The summed E-state index contributed by atoms with van der Waals surface area (Å²) < 4.78 is 19.6. The van der Waals surface area contributed by atoms with E-state index < -0.39 is 6.04 Å². The molecule has 0 radical (unpaired) electrons. The Labute approximate surface area is 289 Å². The second-order valence-corrected chi connectivity index (χ2v) is 12.5. The third kappa shape index (κ3) is 7.14. The van der Waals surface area contributed by atoms with E-state index in [2.05, 4.69) is 23.6 Å². The number of thioether (sulfide) groups is 1. The Morgan fingerprint density at radius 3 is 2.46 bits per heavy atom. The topological polar surface area (TPSA) is 99.5 Å². The first-order valence-electron chi connectivity index (χ1n) is 15.5. The predicted octanol–water partition coefficient (Wildman–Crippen LogP) is 8.45. The number of aromatic nitrogens is 3. The molecular formula is C37H36ClN5O4S. The Balaban J connectivity index is 1.36. The number of para-hydroxylation sites is 2. The summed E-state index contributed by atoms with van der Waals surface area (Å²) in [5, 5.41) is 12.5. The maximum absolute atomic E-state index is 14.2. The minimum atomic E-state index is -0.637. The summed E-state index contributed by atoms with van der Waals surface area (Å²) in [6.07, 6.45) is 0. The number of ether oxygens (including phenoxy) is 3. The molecule has 1 atom stereocenters. The maximum Gasteiger partial charge on any atom is 0.255 e. The minimum absolute atomic E-state index is 0.303. The van der Waals surface area contributed by atoms with Crippen LogP contribution in [-0.4, -0.2) is 34.4 Å². The van der Waals surface area contributed by atoms with Crippen LogP contribution in [0, 0.1) is 6.92 Å². The van der Waals surface area contributed by atoms with Crippen LogP contribution in [0.2, 0.25) is 5.02 Å². The van der Waals surface area contributed by atoms with Crippen LogP contribution in [0.25, 0.3) is 0 Å². The minimum Gasteiger partial charge on any atom is -0.493 e. The highest BCUT2D eigenvalue weighted by Crippen LogP contribution is 2.41. The van der Waals surface area contributed by atoms with E-state index in [4.69, 9.17) is 35.9 Å². The first-order valence-corrected chi connectivity index (χ1v) is 16.9. The molecular weight excluding hydrogens is 646 g/mol. The predicted molar refractivity (Wildman–Crippen MR) is 190 cm³/mol. The second kappa shape index (κ2) is 14.9. The van der Waals surface area contributed by atoms with Crippen molar-refractivity contribution in [2.24, 2.45) is 0 Å². The number of allylic oxidation sites excluding steroid dienone is 1. The largest absolute Gasteiger partial charge is 0.493 e. The van der Waals surface area contributed by atoms with Gasteiger partial charge in [0, 0.05) is 16.5 Å². The number of carbonyl (C=O) groups is 1. The molecule has 0 aliphatic carbocycles. The number of rotatable bonds is 12. The first kappa shape index (κ1) is 33.0. The van der Waals surface area contributed by atoms with E-state index >= 15 is 0 Å². The zero-order chi connectivity index (χ0) is 33.6. The fraction of sp³-hybridized carbons (Fsp3) is 0.216. The smallest absolute Gasteiger partial charge is 0.255 e. The van der Waals surface area contributed by atoms with Gasteiger partial charge in [0.1, 0.15) is 18.4 Å². The fourth-order valence-electron chi connectivity index (χ4n) is 5.49. The molecule has 11 heteroatoms. The number of hydrogen-bond acceptors (Lipinski definition) is 8. The van der Waals surface area contributed by atoms with Crippen molar-refractivity contribution in [1.82, 2.24) is 14.8 Å². The number of nitrogens with zero attached hydrogens (tertiary/aromatic N) is 3. The van der Waals surface area contributed by atoms with Crippen LogP contribution < -0.4 is 24.8 Å². The van der Waals surface area contributed by atoms with E-state index in [1.54, 1.807) is 11.8 Å². The average Bonchev–Trinajstić information content (AvgIpc) is 3.50. The van der Waals surface area contributed by atoms with Crippen molar-refractivity contribution in [2.45, 2.75) is 44.3 Å². The van der Waals surface area contributed by atoms with E-state index in [0.29, 0.717) is 69.3 Å². The number of benzene rings is 4. The zero-order valence-corrected chi connectivity index (χ0v) is 28.7. The van der Waals surface area contributed by atoms with E-state index in [1.807, 2.05) is 98.8 Å². The number of halogens is 1. The van der Waals surface area contributed by atoms with Gasteiger partial charge in [-0.2, -0.15) is 4.98 Å². The van der Waals surface area contributed by atoms with Crippen molar-refractivity contribution in [2.75, 3.05) is 24.4 Å². The maximum atomic E-state index is 14.2. The van der Waals surface area contributed by atoms with Gasteiger partial charge in [-0.15, -0.1) is 5.10 Å². The molecule has 4 aromatic carbocycles. The molecule has 0 saturated heterocycles. The normalized spacial score (nSPS) is 13.8. The monoisotopic (exact) mass is 681 g/mol. The molecule has 48 heavy (non-hydrogen) atoms. The highest BCUT2D eigenvalue weighted by atomic mass is 35.5. The number of aryl methyl sites for hydroxylation is 1. The highest BCUT2D eigenvalue weighted by Gasteiger charge is 2.35. The molecule has 1 amide bonds. The van der Waals surface area contributed by atoms with Gasteiger partial charge in [0.05, 0.1) is 25.0 Å². The third-order valence-corrected chi connectivity index (χ3v) is 9.23. The van der Waals surface area contributed by atoms with Crippen LogP contribution in [0.3, 0.4) is 0 Å². The standard InChI is InChI=1S/C37H36ClN5O4S/c1-5-46-30-17-11-10-16-29(30)40-35(44)33-24(3)39-36-41-37(48-22-27-14-8-9-15-28(27)38)42-43(36)34(33)25-18-19-31(32(20-25)45-4)47-21-26-13-7-6-12-23(26)2/h6-20,34H,5,21-22H2,1-4H3,(H,40,44)(H,39,41,42). The van der Waals surface area contributed by atoms with Gasteiger partial charge < -0.3 is 24.8 Å².